The van der Waals surface area contributed by atoms with Gasteiger partial charge in [-0.2, -0.15) is 4.98 Å². The summed E-state index contributed by atoms with van der Waals surface area (Å²) < 4.78 is 22.7. The molecule has 0 saturated heterocycles. The lowest BCUT2D eigenvalue weighted by Crippen LogP contribution is -2.41. The zero-order valence-electron chi connectivity index (χ0n) is 15.9. The van der Waals surface area contributed by atoms with Crippen molar-refractivity contribution < 1.29 is 23.5 Å². The number of nitrogens with zero attached hydrogens (tertiary/aromatic N) is 3. The van der Waals surface area contributed by atoms with Crippen LogP contribution in [0.15, 0.2) is 34.9 Å². The number of hydrogen-bond donors (Lipinski definition) is 0. The molecule has 29 heavy (non-hydrogen) atoms. The highest BCUT2D eigenvalue weighted by Gasteiger charge is 2.58. The fourth-order valence-corrected chi connectivity index (χ4v) is 4.54. The summed E-state index contributed by atoms with van der Waals surface area (Å²) in [7, 11) is 1.77. The SMILES string of the molecule is Cc1nc(-c2cccc3c2C2(COc4cc5c(cc42)OCCO5)C(=O)N3C)no1. The minimum Gasteiger partial charge on any atom is -0.491 e. The van der Waals surface area contributed by atoms with Gasteiger partial charge in [0.2, 0.25) is 17.6 Å². The third-order valence-corrected chi connectivity index (χ3v) is 5.82. The second-order valence-electron chi connectivity index (χ2n) is 7.39. The van der Waals surface area contributed by atoms with Crippen molar-refractivity contribution in [1.82, 2.24) is 10.1 Å². The van der Waals surface area contributed by atoms with Gasteiger partial charge in [0.05, 0.1) is 0 Å². The number of aryl methyl sites for hydroxylation is 1. The number of anilines is 1. The Labute approximate surface area is 166 Å². The first kappa shape index (κ1) is 16.4. The van der Waals surface area contributed by atoms with E-state index in [1.165, 1.54) is 0 Å². The molecule has 8 nitrogen and oxygen atoms in total. The maximum absolute atomic E-state index is 13.6. The molecule has 146 valence electrons. The molecule has 4 heterocycles. The highest BCUT2D eigenvalue weighted by atomic mass is 16.6. The fraction of sp³-hybridized carbons (Fsp3) is 0.286. The van der Waals surface area contributed by atoms with E-state index in [-0.39, 0.29) is 12.5 Å². The smallest absolute Gasteiger partial charge is 0.245 e. The van der Waals surface area contributed by atoms with Crippen molar-refractivity contribution in [2.75, 3.05) is 31.8 Å². The van der Waals surface area contributed by atoms with Crippen molar-refractivity contribution in [3.05, 3.63) is 47.3 Å². The van der Waals surface area contributed by atoms with E-state index in [4.69, 9.17) is 18.7 Å². The molecule has 3 aliphatic rings. The summed E-state index contributed by atoms with van der Waals surface area (Å²) in [6.45, 7) is 2.89. The van der Waals surface area contributed by atoms with E-state index < -0.39 is 5.41 Å². The number of hydrogen-bond acceptors (Lipinski definition) is 7. The number of fused-ring (bicyclic) bond motifs is 5. The number of benzene rings is 2. The number of carbonyl (C=O) groups is 1. The largest absolute Gasteiger partial charge is 0.491 e. The predicted octanol–water partition coefficient (Wildman–Crippen LogP) is 2.47. The highest BCUT2D eigenvalue weighted by Crippen LogP contribution is 2.56. The first-order valence-corrected chi connectivity index (χ1v) is 9.39. The molecule has 8 heteroatoms. The first-order valence-electron chi connectivity index (χ1n) is 9.39. The van der Waals surface area contributed by atoms with Crippen molar-refractivity contribution in [1.29, 1.82) is 0 Å². The van der Waals surface area contributed by atoms with Crippen LogP contribution in [-0.2, 0) is 10.2 Å². The molecule has 0 bridgehead atoms. The molecular formula is C21H17N3O5. The van der Waals surface area contributed by atoms with Gasteiger partial charge in [-0.05, 0) is 12.1 Å². The number of carbonyl (C=O) groups excluding carboxylic acids is 1. The maximum Gasteiger partial charge on any atom is 0.245 e. The van der Waals surface area contributed by atoms with Crippen LogP contribution in [0.2, 0.25) is 0 Å². The van der Waals surface area contributed by atoms with Gasteiger partial charge in [0, 0.05) is 42.4 Å². The molecule has 0 fully saturated rings. The minimum absolute atomic E-state index is 0.0596. The maximum atomic E-state index is 13.6. The minimum atomic E-state index is -1.000. The Morgan fingerprint density at radius 1 is 1.07 bits per heavy atom. The van der Waals surface area contributed by atoms with Crippen LogP contribution in [-0.4, -0.2) is 42.9 Å². The van der Waals surface area contributed by atoms with Gasteiger partial charge in [-0.3, -0.25) is 4.79 Å². The topological polar surface area (TPSA) is 86.9 Å². The van der Waals surface area contributed by atoms with Gasteiger partial charge in [-0.25, -0.2) is 0 Å². The number of rotatable bonds is 1. The number of likely N-dealkylation sites (N-methyl/N-ethyl adjacent to an activating group) is 1. The molecule has 0 N–H and O–H groups in total. The quantitative estimate of drug-likeness (QED) is 0.630. The van der Waals surface area contributed by atoms with Crippen LogP contribution < -0.4 is 19.1 Å². The van der Waals surface area contributed by atoms with Crippen molar-refractivity contribution >= 4 is 11.6 Å². The van der Waals surface area contributed by atoms with Crippen LogP contribution in [0.1, 0.15) is 17.0 Å². The molecule has 6 rings (SSSR count). The summed E-state index contributed by atoms with van der Waals surface area (Å²) in [5.41, 5.74) is 2.15. The van der Waals surface area contributed by atoms with E-state index in [1.807, 2.05) is 30.3 Å². The standard InChI is InChI=1S/C21H17N3O5/c1-11-22-19(23-29-11)12-4-3-5-14-18(12)21(20(25)24(14)2)10-28-15-9-17-16(8-13(15)21)26-6-7-27-17/h3-5,8-9H,6-7,10H2,1-2H3. The Kier molecular flexibility index (Phi) is 3.11. The van der Waals surface area contributed by atoms with E-state index >= 15 is 0 Å². The Morgan fingerprint density at radius 3 is 2.62 bits per heavy atom. The summed E-state index contributed by atoms with van der Waals surface area (Å²) in [5.74, 6) is 2.74. The monoisotopic (exact) mass is 391 g/mol. The predicted molar refractivity (Wildman–Crippen MR) is 102 cm³/mol. The van der Waals surface area contributed by atoms with Crippen LogP contribution in [0.25, 0.3) is 11.4 Å². The van der Waals surface area contributed by atoms with Crippen molar-refractivity contribution in [2.24, 2.45) is 0 Å². The van der Waals surface area contributed by atoms with Crippen molar-refractivity contribution in [2.45, 2.75) is 12.3 Å². The summed E-state index contributed by atoms with van der Waals surface area (Å²) in [5, 5.41) is 4.09. The Bertz CT molecular complexity index is 1190. The Hall–Kier alpha value is -3.55. The highest BCUT2D eigenvalue weighted by molar-refractivity contribution is 6.13. The van der Waals surface area contributed by atoms with Crippen LogP contribution in [0.3, 0.4) is 0 Å². The lowest BCUT2D eigenvalue weighted by atomic mass is 9.75. The van der Waals surface area contributed by atoms with Gasteiger partial charge in [0.15, 0.2) is 11.5 Å². The molecule has 0 radical (unpaired) electrons. The molecule has 2 aromatic carbocycles. The van der Waals surface area contributed by atoms with Crippen molar-refractivity contribution in [3.8, 4) is 28.6 Å². The summed E-state index contributed by atoms with van der Waals surface area (Å²) in [6, 6.07) is 9.41. The second kappa shape index (κ2) is 5.50. The molecule has 1 atom stereocenters. The third-order valence-electron chi connectivity index (χ3n) is 5.82. The van der Waals surface area contributed by atoms with Gasteiger partial charge in [0.1, 0.15) is 31.0 Å². The van der Waals surface area contributed by atoms with Gasteiger partial charge in [0.25, 0.3) is 0 Å². The molecule has 0 saturated carbocycles. The lowest BCUT2D eigenvalue weighted by molar-refractivity contribution is -0.121. The second-order valence-corrected chi connectivity index (χ2v) is 7.39. The number of amides is 1. The molecule has 1 amide bonds. The number of aromatic nitrogens is 2. The van der Waals surface area contributed by atoms with Gasteiger partial charge < -0.3 is 23.6 Å². The van der Waals surface area contributed by atoms with Crippen LogP contribution >= 0.6 is 0 Å². The van der Waals surface area contributed by atoms with E-state index in [9.17, 15) is 4.79 Å². The lowest BCUT2D eigenvalue weighted by Gasteiger charge is -2.24. The molecule has 1 unspecified atom stereocenters. The van der Waals surface area contributed by atoms with Gasteiger partial charge >= 0.3 is 0 Å². The van der Waals surface area contributed by atoms with E-state index in [1.54, 1.807) is 18.9 Å². The summed E-state index contributed by atoms with van der Waals surface area (Å²) in [6.07, 6.45) is 0. The van der Waals surface area contributed by atoms with Gasteiger partial charge in [-0.1, -0.05) is 17.3 Å². The first-order chi connectivity index (χ1) is 14.1. The molecular weight excluding hydrogens is 374 g/mol. The summed E-state index contributed by atoms with van der Waals surface area (Å²) >= 11 is 0. The van der Waals surface area contributed by atoms with E-state index in [2.05, 4.69) is 10.1 Å². The van der Waals surface area contributed by atoms with Crippen LogP contribution in [0, 0.1) is 6.92 Å². The molecule has 1 aromatic heterocycles. The van der Waals surface area contributed by atoms with Crippen LogP contribution in [0.5, 0.6) is 17.2 Å². The Balaban J connectivity index is 1.64. The van der Waals surface area contributed by atoms with Crippen molar-refractivity contribution in [3.63, 3.8) is 0 Å². The van der Waals surface area contributed by atoms with Gasteiger partial charge in [-0.15, -0.1) is 0 Å². The molecule has 1 spiro atoms. The van der Waals surface area contributed by atoms with Crippen LogP contribution in [0.4, 0.5) is 5.69 Å². The average Bonchev–Trinajstić information content (AvgIpc) is 3.39. The third kappa shape index (κ3) is 2.00. The fourth-order valence-electron chi connectivity index (χ4n) is 4.54. The Morgan fingerprint density at radius 2 is 1.86 bits per heavy atom. The molecule has 0 aliphatic carbocycles. The number of ether oxygens (including phenoxy) is 3. The average molecular weight is 391 g/mol. The van der Waals surface area contributed by atoms with E-state index in [0.717, 1.165) is 22.4 Å². The zero-order valence-corrected chi connectivity index (χ0v) is 15.9. The zero-order chi connectivity index (χ0) is 19.8. The molecule has 3 aliphatic heterocycles. The summed E-state index contributed by atoms with van der Waals surface area (Å²) in [4.78, 5) is 19.7. The normalized spacial score (nSPS) is 21.3. The van der Waals surface area contributed by atoms with E-state index in [0.29, 0.717) is 42.2 Å². The molecule has 3 aromatic rings.